The number of aromatic nitrogens is 1. The maximum absolute atomic E-state index is 11.6. The third kappa shape index (κ3) is 3.28. The van der Waals surface area contributed by atoms with Gasteiger partial charge in [0.1, 0.15) is 4.90 Å². The Kier molecular flexibility index (Phi) is 4.11. The van der Waals surface area contributed by atoms with Crippen molar-refractivity contribution in [2.75, 3.05) is 5.32 Å². The number of nitrogens with one attached hydrogen (secondary N) is 1. The summed E-state index contributed by atoms with van der Waals surface area (Å²) in [6, 6.07) is 10.1. The highest BCUT2D eigenvalue weighted by atomic mass is 32.2. The van der Waals surface area contributed by atoms with Crippen LogP contribution in [0.4, 0.5) is 10.8 Å². The van der Waals surface area contributed by atoms with Gasteiger partial charge in [-0.1, -0.05) is 45.0 Å². The molecule has 0 amide bonds. The van der Waals surface area contributed by atoms with Gasteiger partial charge in [-0.2, -0.15) is 8.42 Å². The zero-order valence-corrected chi connectivity index (χ0v) is 15.2. The van der Waals surface area contributed by atoms with Crippen molar-refractivity contribution in [3.8, 4) is 0 Å². The Balaban J connectivity index is 2.07. The summed E-state index contributed by atoms with van der Waals surface area (Å²) < 4.78 is 32.5. The second kappa shape index (κ2) is 5.84. The summed E-state index contributed by atoms with van der Waals surface area (Å²) in [5.41, 5.74) is 1.70. The Labute approximate surface area is 145 Å². The van der Waals surface area contributed by atoms with Crippen LogP contribution in [0.3, 0.4) is 0 Å². The molecule has 0 aliphatic rings. The minimum atomic E-state index is -4.28. The smallest absolute Gasteiger partial charge is 0.295 e. The minimum Gasteiger partial charge on any atom is -0.331 e. The molecule has 0 fully saturated rings. The Morgan fingerprint density at radius 3 is 2.33 bits per heavy atom. The fourth-order valence-electron chi connectivity index (χ4n) is 2.40. The number of rotatable bonds is 3. The Morgan fingerprint density at radius 2 is 1.75 bits per heavy atom. The van der Waals surface area contributed by atoms with Crippen LogP contribution in [0.25, 0.3) is 10.8 Å². The van der Waals surface area contributed by atoms with E-state index in [1.807, 2.05) is 17.5 Å². The Bertz CT molecular complexity index is 1000. The van der Waals surface area contributed by atoms with E-state index in [9.17, 15) is 13.0 Å². The van der Waals surface area contributed by atoms with E-state index >= 15 is 0 Å². The third-order valence-corrected chi connectivity index (χ3v) is 5.35. The molecule has 0 spiro atoms. The summed E-state index contributed by atoms with van der Waals surface area (Å²) in [7, 11) is -4.28. The quantitative estimate of drug-likeness (QED) is 0.667. The molecular formula is C17H18N2O3S2. The standard InChI is InChI=1S/C17H18N2O3S2/c1-17(2,3)15-10-23-16(19-15)18-13-8-9-14(24(20,21)22)12-7-5-4-6-11(12)13/h4-10H,1-3H3,(H,18,19)(H,20,21,22). The molecule has 7 heteroatoms. The van der Waals surface area contributed by atoms with Crippen LogP contribution in [0.5, 0.6) is 0 Å². The zero-order valence-electron chi connectivity index (χ0n) is 13.6. The van der Waals surface area contributed by atoms with Crippen LogP contribution >= 0.6 is 11.3 Å². The molecule has 2 N–H and O–H groups in total. The molecule has 0 saturated carbocycles. The van der Waals surface area contributed by atoms with Crippen molar-refractivity contribution >= 4 is 43.0 Å². The maximum atomic E-state index is 11.6. The van der Waals surface area contributed by atoms with E-state index in [4.69, 9.17) is 0 Å². The zero-order chi connectivity index (χ0) is 17.5. The number of nitrogens with zero attached hydrogens (tertiary/aromatic N) is 1. The van der Waals surface area contributed by atoms with Crippen molar-refractivity contribution in [1.82, 2.24) is 4.98 Å². The van der Waals surface area contributed by atoms with E-state index in [1.54, 1.807) is 18.2 Å². The molecule has 0 aliphatic heterocycles. The molecule has 5 nitrogen and oxygen atoms in total. The van der Waals surface area contributed by atoms with Crippen molar-refractivity contribution < 1.29 is 13.0 Å². The van der Waals surface area contributed by atoms with E-state index in [2.05, 4.69) is 31.1 Å². The predicted molar refractivity (Wildman–Crippen MR) is 97.9 cm³/mol. The van der Waals surface area contributed by atoms with Crippen LogP contribution in [-0.2, 0) is 15.5 Å². The fourth-order valence-corrected chi connectivity index (χ4v) is 4.04. The average Bonchev–Trinajstić information content (AvgIpc) is 2.95. The largest absolute Gasteiger partial charge is 0.331 e. The van der Waals surface area contributed by atoms with Gasteiger partial charge in [-0.3, -0.25) is 4.55 Å². The van der Waals surface area contributed by atoms with Gasteiger partial charge in [0.2, 0.25) is 0 Å². The lowest BCUT2D eigenvalue weighted by molar-refractivity contribution is 0.484. The number of hydrogen-bond acceptors (Lipinski definition) is 5. The van der Waals surface area contributed by atoms with Gasteiger partial charge in [-0.05, 0) is 12.1 Å². The summed E-state index contributed by atoms with van der Waals surface area (Å²) in [5, 5.41) is 7.18. The summed E-state index contributed by atoms with van der Waals surface area (Å²) >= 11 is 1.50. The van der Waals surface area contributed by atoms with Gasteiger partial charge in [0.05, 0.1) is 5.69 Å². The van der Waals surface area contributed by atoms with Gasteiger partial charge < -0.3 is 5.32 Å². The van der Waals surface area contributed by atoms with Gasteiger partial charge in [-0.15, -0.1) is 11.3 Å². The molecule has 1 heterocycles. The van der Waals surface area contributed by atoms with Gasteiger partial charge in [0.25, 0.3) is 10.1 Å². The van der Waals surface area contributed by atoms with Crippen LogP contribution in [0.2, 0.25) is 0 Å². The highest BCUT2D eigenvalue weighted by Crippen LogP contribution is 2.33. The molecule has 0 bridgehead atoms. The predicted octanol–water partition coefficient (Wildman–Crippen LogP) is 4.58. The van der Waals surface area contributed by atoms with Crippen LogP contribution in [0.1, 0.15) is 26.5 Å². The van der Waals surface area contributed by atoms with Crippen LogP contribution < -0.4 is 5.32 Å². The van der Waals surface area contributed by atoms with E-state index in [1.165, 1.54) is 17.4 Å². The maximum Gasteiger partial charge on any atom is 0.295 e. The highest BCUT2D eigenvalue weighted by Gasteiger charge is 2.19. The lowest BCUT2D eigenvalue weighted by Gasteiger charge is -2.14. The summed E-state index contributed by atoms with van der Waals surface area (Å²) in [6.45, 7) is 6.30. The fraction of sp³-hybridized carbons (Fsp3) is 0.235. The molecule has 126 valence electrons. The first-order valence-corrected chi connectivity index (χ1v) is 9.70. The second-order valence-electron chi connectivity index (χ2n) is 6.54. The van der Waals surface area contributed by atoms with Crippen LogP contribution in [0.15, 0.2) is 46.7 Å². The summed E-state index contributed by atoms with van der Waals surface area (Å²) in [4.78, 5) is 4.50. The lowest BCUT2D eigenvalue weighted by Crippen LogP contribution is -2.11. The number of benzene rings is 2. The number of fused-ring (bicyclic) bond motifs is 1. The summed E-state index contributed by atoms with van der Waals surface area (Å²) in [5.74, 6) is 0. The third-order valence-electron chi connectivity index (χ3n) is 3.68. The van der Waals surface area contributed by atoms with Crippen LogP contribution in [0, 0.1) is 0 Å². The molecule has 3 rings (SSSR count). The number of thiazole rings is 1. The lowest BCUT2D eigenvalue weighted by atomic mass is 9.93. The summed E-state index contributed by atoms with van der Waals surface area (Å²) in [6.07, 6.45) is 0. The van der Waals surface area contributed by atoms with Crippen molar-refractivity contribution in [3.05, 3.63) is 47.5 Å². The molecule has 0 aliphatic carbocycles. The molecule has 0 saturated heterocycles. The molecular weight excluding hydrogens is 344 g/mol. The van der Waals surface area contributed by atoms with Gasteiger partial charge >= 0.3 is 0 Å². The molecule has 0 unspecified atom stereocenters. The average molecular weight is 362 g/mol. The SMILES string of the molecule is CC(C)(C)c1csc(Nc2ccc(S(=O)(=O)O)c3ccccc23)n1. The van der Waals surface area contributed by atoms with E-state index in [-0.39, 0.29) is 10.3 Å². The Morgan fingerprint density at radius 1 is 1.08 bits per heavy atom. The van der Waals surface area contributed by atoms with Crippen molar-refractivity contribution in [2.45, 2.75) is 31.1 Å². The molecule has 24 heavy (non-hydrogen) atoms. The van der Waals surface area contributed by atoms with Gasteiger partial charge in [0, 0.05) is 27.3 Å². The first kappa shape index (κ1) is 16.9. The normalized spacial score (nSPS) is 12.5. The van der Waals surface area contributed by atoms with Gasteiger partial charge in [0.15, 0.2) is 5.13 Å². The van der Waals surface area contributed by atoms with E-state index < -0.39 is 10.1 Å². The van der Waals surface area contributed by atoms with Crippen molar-refractivity contribution in [3.63, 3.8) is 0 Å². The highest BCUT2D eigenvalue weighted by molar-refractivity contribution is 7.86. The molecule has 3 aromatic rings. The Hall–Kier alpha value is -1.96. The minimum absolute atomic E-state index is 0.0344. The molecule has 0 radical (unpaired) electrons. The second-order valence-corrected chi connectivity index (χ2v) is 8.79. The molecule has 2 aromatic carbocycles. The van der Waals surface area contributed by atoms with E-state index in [0.717, 1.165) is 16.5 Å². The number of hydrogen-bond donors (Lipinski definition) is 2. The first-order chi connectivity index (χ1) is 11.2. The monoisotopic (exact) mass is 362 g/mol. The first-order valence-electron chi connectivity index (χ1n) is 7.38. The topological polar surface area (TPSA) is 79.3 Å². The number of anilines is 2. The molecule has 1 aromatic heterocycles. The van der Waals surface area contributed by atoms with E-state index in [0.29, 0.717) is 10.8 Å². The molecule has 0 atom stereocenters. The van der Waals surface area contributed by atoms with Crippen molar-refractivity contribution in [2.24, 2.45) is 0 Å². The van der Waals surface area contributed by atoms with Crippen molar-refractivity contribution in [1.29, 1.82) is 0 Å². The van der Waals surface area contributed by atoms with Gasteiger partial charge in [-0.25, -0.2) is 4.98 Å². The van der Waals surface area contributed by atoms with Crippen LogP contribution in [-0.4, -0.2) is 18.0 Å².